The SMILES string of the molecule is CCCCCCCCCCC[CH-]S.[Ag+]. The molecule has 0 bridgehead atoms. The van der Waals surface area contributed by atoms with Gasteiger partial charge in [0.25, 0.3) is 0 Å². The molecule has 0 N–H and O–H groups in total. The summed E-state index contributed by atoms with van der Waals surface area (Å²) in [7, 11) is 0. The van der Waals surface area contributed by atoms with Crippen LogP contribution in [-0.2, 0) is 22.4 Å². The molecule has 2 heteroatoms. The fourth-order valence-electron chi connectivity index (χ4n) is 1.55. The quantitative estimate of drug-likeness (QED) is 0.250. The molecule has 90 valence electrons. The Bertz CT molecular complexity index is 76.4. The van der Waals surface area contributed by atoms with Gasteiger partial charge in [-0.2, -0.15) is 6.42 Å². The van der Waals surface area contributed by atoms with Gasteiger partial charge in [0.1, 0.15) is 0 Å². The van der Waals surface area contributed by atoms with E-state index in [1.165, 1.54) is 64.2 Å². The third-order valence-electron chi connectivity index (χ3n) is 2.44. The van der Waals surface area contributed by atoms with Crippen molar-refractivity contribution in [3.63, 3.8) is 0 Å². The van der Waals surface area contributed by atoms with Gasteiger partial charge in [0.2, 0.25) is 0 Å². The van der Waals surface area contributed by atoms with E-state index in [9.17, 15) is 0 Å². The van der Waals surface area contributed by atoms with E-state index < -0.39 is 0 Å². The van der Waals surface area contributed by atoms with Gasteiger partial charge in [-0.1, -0.05) is 64.7 Å². The van der Waals surface area contributed by atoms with E-state index in [0.717, 1.165) is 0 Å². The Morgan fingerprint density at radius 2 is 1.21 bits per heavy atom. The van der Waals surface area contributed by atoms with Gasteiger partial charge in [-0.15, -0.1) is 0 Å². The first-order chi connectivity index (χ1) is 6.41. The summed E-state index contributed by atoms with van der Waals surface area (Å²) in [6.07, 6.45) is 13.9. The predicted molar refractivity (Wildman–Crippen MR) is 65.1 cm³/mol. The number of unbranched alkanes of at least 4 members (excludes halogenated alkanes) is 9. The molecule has 0 aromatic heterocycles. The van der Waals surface area contributed by atoms with Crippen LogP contribution in [0.15, 0.2) is 0 Å². The summed E-state index contributed by atoms with van der Waals surface area (Å²) in [5.74, 6) is 1.97. The van der Waals surface area contributed by atoms with Crippen molar-refractivity contribution >= 4 is 12.6 Å². The van der Waals surface area contributed by atoms with E-state index in [0.29, 0.717) is 0 Å². The van der Waals surface area contributed by atoms with Crippen molar-refractivity contribution in [2.75, 3.05) is 0 Å². The van der Waals surface area contributed by atoms with E-state index >= 15 is 0 Å². The maximum Gasteiger partial charge on any atom is 1.00 e. The second-order valence-corrected chi connectivity index (χ2v) is 4.16. The van der Waals surface area contributed by atoms with E-state index in [4.69, 9.17) is 0 Å². The van der Waals surface area contributed by atoms with Gasteiger partial charge >= 0.3 is 22.4 Å². The molecule has 0 rings (SSSR count). The molecule has 0 radical (unpaired) electrons. The van der Waals surface area contributed by atoms with Crippen LogP contribution in [0.1, 0.15) is 71.1 Å². The van der Waals surface area contributed by atoms with Crippen molar-refractivity contribution in [3.8, 4) is 0 Å². The van der Waals surface area contributed by atoms with Crippen LogP contribution >= 0.6 is 12.6 Å². The first kappa shape index (κ1) is 17.5. The molecule has 0 aromatic carbocycles. The molecule has 0 aliphatic carbocycles. The molecule has 0 amide bonds. The molecule has 0 nitrogen and oxygen atoms in total. The molecule has 0 saturated heterocycles. The first-order valence-electron chi connectivity index (χ1n) is 5.87. The molecule has 0 fully saturated rings. The number of hydrogen-bond acceptors (Lipinski definition) is 1. The normalized spacial score (nSPS) is 9.86. The maximum absolute atomic E-state index is 4.08. The molecular formula is C12H25AgS. The maximum atomic E-state index is 4.08. The van der Waals surface area contributed by atoms with E-state index in [1.54, 1.807) is 0 Å². The van der Waals surface area contributed by atoms with E-state index in [2.05, 4.69) is 19.6 Å². The summed E-state index contributed by atoms with van der Waals surface area (Å²) in [4.78, 5) is 0. The molecule has 0 unspecified atom stereocenters. The Morgan fingerprint density at radius 1 is 0.786 bits per heavy atom. The van der Waals surface area contributed by atoms with Crippen LogP contribution in [-0.4, -0.2) is 0 Å². The van der Waals surface area contributed by atoms with Gasteiger partial charge in [-0.05, 0) is 0 Å². The van der Waals surface area contributed by atoms with Crippen molar-refractivity contribution < 1.29 is 22.4 Å². The average Bonchev–Trinajstić information content (AvgIpc) is 2.16. The monoisotopic (exact) mass is 308 g/mol. The first-order valence-corrected chi connectivity index (χ1v) is 6.39. The van der Waals surface area contributed by atoms with Crippen LogP contribution in [0.2, 0.25) is 0 Å². The van der Waals surface area contributed by atoms with Gasteiger partial charge < -0.3 is 12.6 Å². The Hall–Kier alpha value is 1.09. The van der Waals surface area contributed by atoms with E-state index in [-0.39, 0.29) is 22.4 Å². The number of hydrogen-bond donors (Lipinski definition) is 1. The minimum Gasteiger partial charge on any atom is -0.369 e. The third-order valence-corrected chi connectivity index (χ3v) is 2.69. The summed E-state index contributed by atoms with van der Waals surface area (Å²) in [6, 6.07) is 0. The molecule has 0 saturated carbocycles. The zero-order chi connectivity index (χ0) is 9.78. The smallest absolute Gasteiger partial charge is 0.369 e. The summed E-state index contributed by atoms with van der Waals surface area (Å²) in [5.41, 5.74) is 0. The number of rotatable bonds is 10. The molecule has 0 aliphatic heterocycles. The summed E-state index contributed by atoms with van der Waals surface area (Å²) in [6.45, 7) is 2.27. The van der Waals surface area contributed by atoms with Crippen LogP contribution in [0.25, 0.3) is 0 Å². The molecule has 0 spiro atoms. The Balaban J connectivity index is 0. The predicted octanol–water partition coefficient (Wildman–Crippen LogP) is 5.00. The Kier molecular flexibility index (Phi) is 20.6. The van der Waals surface area contributed by atoms with Crippen LogP contribution in [0, 0.1) is 5.75 Å². The van der Waals surface area contributed by atoms with Crippen molar-refractivity contribution in [1.82, 2.24) is 0 Å². The molecule has 0 aliphatic rings. The van der Waals surface area contributed by atoms with Crippen molar-refractivity contribution in [2.45, 2.75) is 71.1 Å². The second-order valence-electron chi connectivity index (χ2n) is 3.80. The zero-order valence-corrected chi connectivity index (χ0v) is 11.8. The second kappa shape index (κ2) is 16.5. The van der Waals surface area contributed by atoms with Gasteiger partial charge in [0, 0.05) is 0 Å². The van der Waals surface area contributed by atoms with Crippen molar-refractivity contribution in [2.24, 2.45) is 0 Å². The minimum absolute atomic E-state index is 0. The van der Waals surface area contributed by atoms with Gasteiger partial charge in [-0.25, -0.2) is 0 Å². The minimum atomic E-state index is 0. The zero-order valence-electron chi connectivity index (χ0n) is 9.40. The van der Waals surface area contributed by atoms with Crippen LogP contribution in [0.5, 0.6) is 0 Å². The standard InChI is InChI=1S/C12H25S.Ag/c1-2-3-4-5-6-7-8-9-10-11-12-13;/h12-13H,2-11H2,1H3;/q-1;+1. The fraction of sp³-hybridized carbons (Fsp3) is 0.917. The van der Waals surface area contributed by atoms with Crippen molar-refractivity contribution in [1.29, 1.82) is 0 Å². The third kappa shape index (κ3) is 15.6. The molecule has 0 atom stereocenters. The Labute approximate surface area is 112 Å². The summed E-state index contributed by atoms with van der Waals surface area (Å²) in [5, 5.41) is 0. The largest absolute Gasteiger partial charge is 1.00 e. The average molecular weight is 309 g/mol. The van der Waals surface area contributed by atoms with Gasteiger partial charge in [-0.3, -0.25) is 5.75 Å². The summed E-state index contributed by atoms with van der Waals surface area (Å²) < 4.78 is 0. The molecule has 14 heavy (non-hydrogen) atoms. The summed E-state index contributed by atoms with van der Waals surface area (Å²) >= 11 is 4.08. The van der Waals surface area contributed by atoms with Crippen molar-refractivity contribution in [3.05, 3.63) is 5.75 Å². The molecular weight excluding hydrogens is 284 g/mol. The topological polar surface area (TPSA) is 0 Å². The molecule has 0 aromatic rings. The van der Waals surface area contributed by atoms with E-state index in [1.807, 2.05) is 5.75 Å². The fourth-order valence-corrected chi connectivity index (χ4v) is 1.73. The molecule has 0 heterocycles. The number of thiol groups is 1. The van der Waals surface area contributed by atoms with Gasteiger partial charge in [0.05, 0.1) is 0 Å². The van der Waals surface area contributed by atoms with Crippen LogP contribution in [0.4, 0.5) is 0 Å². The van der Waals surface area contributed by atoms with Crippen LogP contribution < -0.4 is 0 Å². The van der Waals surface area contributed by atoms with Crippen LogP contribution in [0.3, 0.4) is 0 Å². The van der Waals surface area contributed by atoms with Gasteiger partial charge in [0.15, 0.2) is 0 Å². The Morgan fingerprint density at radius 3 is 1.64 bits per heavy atom.